The van der Waals surface area contributed by atoms with Crippen LogP contribution in [-0.4, -0.2) is 5.78 Å². The maximum absolute atomic E-state index is 13.0. The van der Waals surface area contributed by atoms with Gasteiger partial charge in [0.1, 0.15) is 11.6 Å². The lowest BCUT2D eigenvalue weighted by Gasteiger charge is -2.08. The van der Waals surface area contributed by atoms with Gasteiger partial charge >= 0.3 is 6.18 Å². The van der Waals surface area contributed by atoms with Gasteiger partial charge in [-0.25, -0.2) is 4.39 Å². The smallest absolute Gasteiger partial charge is 0.300 e. The second-order valence-corrected chi connectivity index (χ2v) is 3.19. The summed E-state index contributed by atoms with van der Waals surface area (Å²) in [6.07, 6.45) is -4.76. The molecule has 5 heteroatoms. The second kappa shape index (κ2) is 6.37. The van der Waals surface area contributed by atoms with Crippen molar-refractivity contribution in [1.82, 2.24) is 0 Å². The Hall–Kier alpha value is -1.39. The van der Waals surface area contributed by atoms with Crippen LogP contribution in [-0.2, 0) is 17.4 Å². The van der Waals surface area contributed by atoms with Crippen molar-refractivity contribution in [3.63, 3.8) is 0 Å². The molecule has 0 saturated carbocycles. The molecule has 0 amide bonds. The predicted molar refractivity (Wildman–Crippen MR) is 57.1 cm³/mol. The van der Waals surface area contributed by atoms with E-state index < -0.39 is 17.6 Å². The van der Waals surface area contributed by atoms with Gasteiger partial charge in [0.05, 0.1) is 5.56 Å². The van der Waals surface area contributed by atoms with E-state index in [1.807, 2.05) is 13.8 Å². The normalized spacial score (nSPS) is 10.5. The van der Waals surface area contributed by atoms with E-state index in [4.69, 9.17) is 0 Å². The van der Waals surface area contributed by atoms with Crippen LogP contribution in [0, 0.1) is 5.82 Å². The zero-order valence-electron chi connectivity index (χ0n) is 9.86. The van der Waals surface area contributed by atoms with Crippen molar-refractivity contribution in [2.24, 2.45) is 0 Å². The van der Waals surface area contributed by atoms with Crippen molar-refractivity contribution in [3.05, 3.63) is 35.1 Å². The molecular formula is C12H14F4O. The maximum Gasteiger partial charge on any atom is 0.419 e. The first-order valence-electron chi connectivity index (χ1n) is 5.16. The van der Waals surface area contributed by atoms with Crippen LogP contribution >= 0.6 is 0 Å². The molecule has 0 N–H and O–H groups in total. The van der Waals surface area contributed by atoms with Gasteiger partial charge in [0.2, 0.25) is 0 Å². The van der Waals surface area contributed by atoms with Crippen LogP contribution in [0.4, 0.5) is 17.6 Å². The highest BCUT2D eigenvalue weighted by molar-refractivity contribution is 5.78. The lowest BCUT2D eigenvalue weighted by atomic mass is 10.1. The Morgan fingerprint density at radius 1 is 1.24 bits per heavy atom. The minimum Gasteiger partial charge on any atom is -0.300 e. The lowest BCUT2D eigenvalue weighted by Crippen LogP contribution is -2.09. The number of hydrogen-bond donors (Lipinski definition) is 0. The summed E-state index contributed by atoms with van der Waals surface area (Å²) in [5.74, 6) is -1.57. The fourth-order valence-corrected chi connectivity index (χ4v) is 1.19. The average molecular weight is 250 g/mol. The van der Waals surface area contributed by atoms with Crippen molar-refractivity contribution in [1.29, 1.82) is 0 Å². The molecule has 0 bridgehead atoms. The number of benzene rings is 1. The lowest BCUT2D eigenvalue weighted by molar-refractivity contribution is -0.140. The van der Waals surface area contributed by atoms with Crippen LogP contribution in [0.25, 0.3) is 0 Å². The van der Waals surface area contributed by atoms with Gasteiger partial charge in [0, 0.05) is 6.42 Å². The van der Waals surface area contributed by atoms with Crippen LogP contribution in [0.3, 0.4) is 0 Å². The molecule has 0 aliphatic heterocycles. The van der Waals surface area contributed by atoms with Crippen LogP contribution in [0.2, 0.25) is 0 Å². The molecule has 96 valence electrons. The van der Waals surface area contributed by atoms with Crippen LogP contribution in [0.1, 0.15) is 31.9 Å². The summed E-state index contributed by atoms with van der Waals surface area (Å²) in [6.45, 7) is 5.29. The van der Waals surface area contributed by atoms with E-state index in [1.54, 1.807) is 0 Å². The van der Waals surface area contributed by atoms with Crippen molar-refractivity contribution >= 4 is 5.78 Å². The molecule has 0 atom stereocenters. The first-order valence-corrected chi connectivity index (χ1v) is 5.16. The van der Waals surface area contributed by atoms with Gasteiger partial charge in [-0.1, -0.05) is 19.9 Å². The number of carbonyl (C=O) groups excluding carboxylic acids is 1. The summed E-state index contributed by atoms with van der Waals surface area (Å²) in [4.78, 5) is 10.7. The van der Waals surface area contributed by atoms with Crippen molar-refractivity contribution in [2.75, 3.05) is 0 Å². The van der Waals surface area contributed by atoms with Crippen LogP contribution < -0.4 is 0 Å². The molecule has 0 fully saturated rings. The summed E-state index contributed by atoms with van der Waals surface area (Å²) in [5.41, 5.74) is -1.07. The highest BCUT2D eigenvalue weighted by atomic mass is 19.4. The van der Waals surface area contributed by atoms with Crippen molar-refractivity contribution in [2.45, 2.75) is 33.4 Å². The SMILES string of the molecule is CC.CC(=O)Cc1ccc(C(F)(F)F)c(F)c1. The Balaban J connectivity index is 0.00000121. The van der Waals surface area contributed by atoms with Crippen molar-refractivity contribution < 1.29 is 22.4 Å². The van der Waals surface area contributed by atoms with Gasteiger partial charge in [-0.05, 0) is 24.6 Å². The van der Waals surface area contributed by atoms with E-state index in [1.165, 1.54) is 6.92 Å². The third-order valence-corrected chi connectivity index (χ3v) is 1.79. The van der Waals surface area contributed by atoms with Gasteiger partial charge in [0.25, 0.3) is 0 Å². The molecule has 0 spiro atoms. The zero-order chi connectivity index (χ0) is 13.6. The molecule has 1 nitrogen and oxygen atoms in total. The van der Waals surface area contributed by atoms with E-state index >= 15 is 0 Å². The molecule has 17 heavy (non-hydrogen) atoms. The monoisotopic (exact) mass is 250 g/mol. The number of rotatable bonds is 2. The molecular weight excluding hydrogens is 236 g/mol. The molecule has 1 aromatic carbocycles. The third-order valence-electron chi connectivity index (χ3n) is 1.79. The zero-order valence-corrected chi connectivity index (χ0v) is 9.86. The number of ketones is 1. The number of hydrogen-bond acceptors (Lipinski definition) is 1. The van der Waals surface area contributed by atoms with Gasteiger partial charge in [-0.2, -0.15) is 13.2 Å². The topological polar surface area (TPSA) is 17.1 Å². The quantitative estimate of drug-likeness (QED) is 0.725. The van der Waals surface area contributed by atoms with Crippen LogP contribution in [0.5, 0.6) is 0 Å². The molecule has 0 unspecified atom stereocenters. The van der Waals surface area contributed by atoms with E-state index in [0.29, 0.717) is 6.07 Å². The van der Waals surface area contributed by atoms with Gasteiger partial charge in [-0.3, -0.25) is 4.79 Å². The fraction of sp³-hybridized carbons (Fsp3) is 0.417. The Morgan fingerprint density at radius 3 is 2.12 bits per heavy atom. The highest BCUT2D eigenvalue weighted by Crippen LogP contribution is 2.31. The summed E-state index contributed by atoms with van der Waals surface area (Å²) in [5, 5.41) is 0. The highest BCUT2D eigenvalue weighted by Gasteiger charge is 2.33. The first kappa shape index (κ1) is 15.6. The van der Waals surface area contributed by atoms with E-state index in [9.17, 15) is 22.4 Å². The Kier molecular flexibility index (Phi) is 5.85. The summed E-state index contributed by atoms with van der Waals surface area (Å²) in [6, 6.07) is 2.49. The second-order valence-electron chi connectivity index (χ2n) is 3.19. The summed E-state index contributed by atoms with van der Waals surface area (Å²) < 4.78 is 49.4. The standard InChI is InChI=1S/C10H8F4O.C2H6/c1-6(15)4-7-2-3-8(9(11)5-7)10(12,13)14;1-2/h2-3,5H,4H2,1H3;1-2H3. The van der Waals surface area contributed by atoms with Gasteiger partial charge in [0.15, 0.2) is 0 Å². The molecule has 0 aliphatic rings. The largest absolute Gasteiger partial charge is 0.419 e. The predicted octanol–water partition coefficient (Wildman–Crippen LogP) is 4.00. The summed E-state index contributed by atoms with van der Waals surface area (Å²) >= 11 is 0. The van der Waals surface area contributed by atoms with E-state index in [2.05, 4.69) is 0 Å². The number of carbonyl (C=O) groups is 1. The Morgan fingerprint density at radius 2 is 1.76 bits per heavy atom. The average Bonchev–Trinajstić information content (AvgIpc) is 2.17. The molecule has 1 rings (SSSR count). The van der Waals surface area contributed by atoms with Gasteiger partial charge in [-0.15, -0.1) is 0 Å². The van der Waals surface area contributed by atoms with E-state index in [0.717, 1.165) is 12.1 Å². The third kappa shape index (κ3) is 4.97. The Bertz CT molecular complexity index is 383. The van der Waals surface area contributed by atoms with E-state index in [-0.39, 0.29) is 17.8 Å². The van der Waals surface area contributed by atoms with Crippen LogP contribution in [0.15, 0.2) is 18.2 Å². The van der Waals surface area contributed by atoms with Crippen molar-refractivity contribution in [3.8, 4) is 0 Å². The minimum absolute atomic E-state index is 0.0605. The molecule has 0 aromatic heterocycles. The molecule has 0 heterocycles. The van der Waals surface area contributed by atoms with Gasteiger partial charge < -0.3 is 0 Å². The maximum atomic E-state index is 13.0. The molecule has 0 saturated heterocycles. The molecule has 0 aliphatic carbocycles. The molecule has 1 aromatic rings. The first-order chi connectivity index (χ1) is 7.80. The fourth-order valence-electron chi connectivity index (χ4n) is 1.19. The minimum atomic E-state index is -4.70. The number of alkyl halides is 3. The number of Topliss-reactive ketones (excluding diaryl/α,β-unsaturated/α-hetero) is 1. The number of halogens is 4. The summed E-state index contributed by atoms with van der Waals surface area (Å²) in [7, 11) is 0. The Labute approximate surface area is 97.5 Å². The molecule has 0 radical (unpaired) electrons.